The first-order valence-electron chi connectivity index (χ1n) is 12.6. The Morgan fingerprint density at radius 1 is 0.600 bits per heavy atom. The summed E-state index contributed by atoms with van der Waals surface area (Å²) in [5.41, 5.74) is 0. The first kappa shape index (κ1) is 32.9. The van der Waals surface area contributed by atoms with Gasteiger partial charge in [-0.1, -0.05) is 0 Å². The van der Waals surface area contributed by atoms with Gasteiger partial charge in [0.15, 0.2) is 18.9 Å². The van der Waals surface area contributed by atoms with Gasteiger partial charge in [-0.2, -0.15) is 0 Å². The second-order valence-corrected chi connectivity index (χ2v) is 9.81. The van der Waals surface area contributed by atoms with Gasteiger partial charge in [-0.25, -0.2) is 0 Å². The van der Waals surface area contributed by atoms with Crippen LogP contribution in [-0.4, -0.2) is 170 Å². The van der Waals surface area contributed by atoms with Gasteiger partial charge in [0.2, 0.25) is 11.8 Å². The largest absolute Gasteiger partial charge is 0.394 e. The number of aliphatic hydroxyl groups excluding tert-OH is 9. The number of aliphatic hydroxyl groups is 9. The molecule has 3 aliphatic heterocycles. The van der Waals surface area contributed by atoms with Crippen molar-refractivity contribution in [2.24, 2.45) is 0 Å². The van der Waals surface area contributed by atoms with E-state index in [0.29, 0.717) is 0 Å². The van der Waals surface area contributed by atoms with Gasteiger partial charge < -0.3 is 80.3 Å². The smallest absolute Gasteiger partial charge is 0.217 e. The maximum atomic E-state index is 12.1. The van der Waals surface area contributed by atoms with E-state index in [0.717, 1.165) is 13.8 Å². The van der Waals surface area contributed by atoms with E-state index in [-0.39, 0.29) is 0 Å². The van der Waals surface area contributed by atoms with Crippen molar-refractivity contribution in [1.82, 2.24) is 10.6 Å². The molecule has 15 atom stereocenters. The first-order chi connectivity index (χ1) is 18.8. The second-order valence-electron chi connectivity index (χ2n) is 9.81. The summed E-state index contributed by atoms with van der Waals surface area (Å²) in [5.74, 6) is -1.34. The van der Waals surface area contributed by atoms with Gasteiger partial charge in [0.1, 0.15) is 73.1 Å². The Morgan fingerprint density at radius 3 is 1.60 bits per heavy atom. The second kappa shape index (κ2) is 14.0. The van der Waals surface area contributed by atoms with E-state index in [9.17, 15) is 55.5 Å². The maximum Gasteiger partial charge on any atom is 0.217 e. The van der Waals surface area contributed by atoms with E-state index in [1.54, 1.807) is 0 Å². The average molecular weight is 587 g/mol. The monoisotopic (exact) mass is 586 g/mol. The molecule has 3 rings (SSSR count). The molecule has 0 aromatic heterocycles. The van der Waals surface area contributed by atoms with Crippen LogP contribution in [0, 0.1) is 0 Å². The molecule has 0 bridgehead atoms. The van der Waals surface area contributed by atoms with Crippen molar-refractivity contribution in [1.29, 1.82) is 0 Å². The highest BCUT2D eigenvalue weighted by Crippen LogP contribution is 2.32. The van der Waals surface area contributed by atoms with Crippen molar-refractivity contribution in [2.45, 2.75) is 106 Å². The number of hydrogen-bond acceptors (Lipinski definition) is 16. The molecule has 2 amide bonds. The molecule has 0 radical (unpaired) electrons. The Labute approximate surface area is 228 Å². The van der Waals surface area contributed by atoms with Crippen LogP contribution in [0.4, 0.5) is 0 Å². The number of ether oxygens (including phenoxy) is 5. The summed E-state index contributed by atoms with van der Waals surface area (Å²) in [5, 5.41) is 96.2. The summed E-state index contributed by atoms with van der Waals surface area (Å²) in [7, 11) is 0. The molecule has 3 aliphatic rings. The van der Waals surface area contributed by atoms with E-state index in [1.807, 2.05) is 0 Å². The topological polar surface area (TPSA) is 286 Å². The first-order valence-corrected chi connectivity index (χ1v) is 12.6. The summed E-state index contributed by atoms with van der Waals surface area (Å²) >= 11 is 0. The van der Waals surface area contributed by atoms with Crippen molar-refractivity contribution in [3.63, 3.8) is 0 Å². The standard InChI is InChI=1S/C22H38N2O16/c1-6(28)23-11-15(32)13(30)8(3-25)37-21(11)40-19-12(24-7(2)29)22(38-9(4-26)14(19)31)39-18-10(5-27)36-20(35)17(34)16(18)33/h8-22,25-27,30-35H,3-5H2,1-2H3,(H,23,28)(H,24,29)/t8-,9-,10-,11-,12-,13+,14-,15-,16-,17+,18-,19-,20+,21+,22+/m1/s1. The van der Waals surface area contributed by atoms with E-state index in [4.69, 9.17) is 23.7 Å². The van der Waals surface area contributed by atoms with Crippen LogP contribution >= 0.6 is 0 Å². The van der Waals surface area contributed by atoms with Crippen molar-refractivity contribution in [3.8, 4) is 0 Å². The molecule has 11 N–H and O–H groups in total. The third-order valence-electron chi connectivity index (χ3n) is 6.90. The fourth-order valence-corrected chi connectivity index (χ4v) is 4.87. The maximum absolute atomic E-state index is 12.1. The van der Waals surface area contributed by atoms with Gasteiger partial charge >= 0.3 is 0 Å². The van der Waals surface area contributed by atoms with Gasteiger partial charge in [0.25, 0.3) is 0 Å². The van der Waals surface area contributed by atoms with E-state index >= 15 is 0 Å². The van der Waals surface area contributed by atoms with Crippen LogP contribution in [-0.2, 0) is 33.3 Å². The van der Waals surface area contributed by atoms with E-state index < -0.39 is 124 Å². The predicted octanol–water partition coefficient (Wildman–Crippen LogP) is -7.29. The Morgan fingerprint density at radius 2 is 1.07 bits per heavy atom. The minimum absolute atomic E-state index is 0.654. The predicted molar refractivity (Wildman–Crippen MR) is 124 cm³/mol. The average Bonchev–Trinajstić information content (AvgIpc) is 2.90. The Balaban J connectivity index is 1.95. The molecule has 3 saturated heterocycles. The minimum atomic E-state index is -1.86. The van der Waals surface area contributed by atoms with Gasteiger partial charge in [-0.3, -0.25) is 9.59 Å². The molecule has 0 saturated carbocycles. The van der Waals surface area contributed by atoms with Crippen LogP contribution in [0.15, 0.2) is 0 Å². The lowest BCUT2D eigenvalue weighted by Gasteiger charge is -2.49. The normalized spacial score (nSPS) is 46.0. The highest BCUT2D eigenvalue weighted by Gasteiger charge is 2.54. The molecule has 0 aromatic carbocycles. The zero-order chi connectivity index (χ0) is 29.9. The molecule has 40 heavy (non-hydrogen) atoms. The minimum Gasteiger partial charge on any atom is -0.394 e. The molecule has 0 aliphatic carbocycles. The number of carbonyl (C=O) groups is 2. The van der Waals surface area contributed by atoms with Crippen molar-refractivity contribution >= 4 is 11.8 Å². The third kappa shape index (κ3) is 7.05. The van der Waals surface area contributed by atoms with Crippen molar-refractivity contribution in [3.05, 3.63) is 0 Å². The summed E-state index contributed by atoms with van der Waals surface area (Å²) in [4.78, 5) is 23.9. The molecule has 3 heterocycles. The van der Waals surface area contributed by atoms with Crippen molar-refractivity contribution < 1.29 is 79.2 Å². The number of hydrogen-bond donors (Lipinski definition) is 11. The summed E-state index contributed by atoms with van der Waals surface area (Å²) in [6.07, 6.45) is -21.3. The molecule has 0 aromatic rings. The molecule has 3 fully saturated rings. The quantitative estimate of drug-likeness (QED) is 0.120. The highest BCUT2D eigenvalue weighted by molar-refractivity contribution is 5.73. The Bertz CT molecular complexity index is 852. The lowest BCUT2D eigenvalue weighted by atomic mass is 9.94. The fraction of sp³-hybridized carbons (Fsp3) is 0.909. The molecule has 0 spiro atoms. The SMILES string of the molecule is CC(=O)N[C@H]1[C@H](O[C@H]2[C@H](O)[C@@H](CO)O[C@@H](O[C@H]3[C@H](O)[C@H](O)[C@@H](O)O[C@@H]3CO)[C@@H]2NC(C)=O)O[C@H](CO)[C@H](O)[C@@H]1O. The van der Waals surface area contributed by atoms with Gasteiger partial charge in [0, 0.05) is 13.8 Å². The van der Waals surface area contributed by atoms with Crippen LogP contribution in [0.5, 0.6) is 0 Å². The number of rotatable bonds is 9. The van der Waals surface area contributed by atoms with Crippen LogP contribution in [0.3, 0.4) is 0 Å². The molecular formula is C22H38N2O16. The number of carbonyl (C=O) groups excluding carboxylic acids is 2. The lowest BCUT2D eigenvalue weighted by Crippen LogP contribution is -2.70. The van der Waals surface area contributed by atoms with Gasteiger partial charge in [-0.05, 0) is 0 Å². The van der Waals surface area contributed by atoms with Crippen molar-refractivity contribution in [2.75, 3.05) is 19.8 Å². The van der Waals surface area contributed by atoms with Gasteiger partial charge in [0.05, 0.1) is 19.8 Å². The zero-order valence-corrected chi connectivity index (χ0v) is 21.7. The van der Waals surface area contributed by atoms with Crippen LogP contribution in [0.25, 0.3) is 0 Å². The molecule has 232 valence electrons. The number of amides is 2. The Kier molecular flexibility index (Phi) is 11.5. The highest BCUT2D eigenvalue weighted by atomic mass is 16.7. The van der Waals surface area contributed by atoms with Crippen LogP contribution in [0.1, 0.15) is 13.8 Å². The van der Waals surface area contributed by atoms with Gasteiger partial charge in [-0.15, -0.1) is 0 Å². The zero-order valence-electron chi connectivity index (χ0n) is 21.7. The molecule has 18 heteroatoms. The summed E-state index contributed by atoms with van der Waals surface area (Å²) in [6, 6.07) is -2.90. The third-order valence-corrected chi connectivity index (χ3v) is 6.90. The van der Waals surface area contributed by atoms with Crippen LogP contribution in [0.2, 0.25) is 0 Å². The fourth-order valence-electron chi connectivity index (χ4n) is 4.87. The molecule has 18 nitrogen and oxygen atoms in total. The Hall–Kier alpha value is -1.62. The summed E-state index contributed by atoms with van der Waals surface area (Å²) < 4.78 is 27.9. The number of nitrogens with one attached hydrogen (secondary N) is 2. The summed E-state index contributed by atoms with van der Waals surface area (Å²) in [6.45, 7) is -0.149. The van der Waals surface area contributed by atoms with E-state index in [2.05, 4.69) is 10.6 Å². The molecular weight excluding hydrogens is 548 g/mol. The lowest BCUT2D eigenvalue weighted by molar-refractivity contribution is -0.356. The molecule has 0 unspecified atom stereocenters. The van der Waals surface area contributed by atoms with Crippen LogP contribution < -0.4 is 10.6 Å². The van der Waals surface area contributed by atoms with E-state index in [1.165, 1.54) is 0 Å².